The Morgan fingerprint density at radius 1 is 1.41 bits per heavy atom. The number of thiophene rings is 1. The van der Waals surface area contributed by atoms with Crippen LogP contribution in [0.1, 0.15) is 24.3 Å². The maximum absolute atomic E-state index is 10.0. The van der Waals surface area contributed by atoms with Crippen LogP contribution in [-0.4, -0.2) is 47.6 Å². The molecule has 1 heterocycles. The fourth-order valence-corrected chi connectivity index (χ4v) is 3.59. The van der Waals surface area contributed by atoms with E-state index in [9.17, 15) is 5.11 Å². The molecule has 98 valence electrons. The molecule has 0 aromatic carbocycles. The smallest absolute Gasteiger partial charge is 0.0894 e. The Bertz CT molecular complexity index is 317. The van der Waals surface area contributed by atoms with Crippen LogP contribution in [0.15, 0.2) is 16.3 Å². The lowest BCUT2D eigenvalue weighted by Gasteiger charge is -2.16. The zero-order valence-corrected chi connectivity index (χ0v) is 12.1. The summed E-state index contributed by atoms with van der Waals surface area (Å²) in [5.41, 5.74) is 0. The van der Waals surface area contributed by atoms with Gasteiger partial charge in [0.25, 0.3) is 0 Å². The van der Waals surface area contributed by atoms with Crippen LogP contribution in [-0.2, 0) is 0 Å². The minimum Gasteiger partial charge on any atom is -0.395 e. The third kappa shape index (κ3) is 5.40. The van der Waals surface area contributed by atoms with Gasteiger partial charge in [0.15, 0.2) is 0 Å². The molecule has 1 aromatic rings. The van der Waals surface area contributed by atoms with E-state index in [0.29, 0.717) is 13.0 Å². The van der Waals surface area contributed by atoms with Gasteiger partial charge in [-0.05, 0) is 31.4 Å². The number of hydrogen-bond acceptors (Lipinski definition) is 5. The third-order valence-electron chi connectivity index (χ3n) is 2.48. The van der Waals surface area contributed by atoms with E-state index in [1.54, 1.807) is 11.3 Å². The van der Waals surface area contributed by atoms with Gasteiger partial charge in [-0.25, -0.2) is 0 Å². The molecule has 1 atom stereocenters. The lowest BCUT2D eigenvalue weighted by atomic mass is 10.2. The first kappa shape index (κ1) is 15.0. The lowest BCUT2D eigenvalue weighted by molar-refractivity contribution is 0.144. The molecule has 0 saturated carbocycles. The first-order valence-corrected chi connectivity index (χ1v) is 7.67. The Hall–Kier alpha value is -0.0700. The van der Waals surface area contributed by atoms with Crippen molar-refractivity contribution in [2.24, 2.45) is 0 Å². The minimum atomic E-state index is -0.382. The van der Waals surface area contributed by atoms with Gasteiger partial charge in [-0.1, -0.05) is 6.92 Å². The van der Waals surface area contributed by atoms with Crippen LogP contribution >= 0.6 is 23.1 Å². The third-order valence-corrected chi connectivity index (χ3v) is 4.78. The maximum Gasteiger partial charge on any atom is 0.0894 e. The Kier molecular flexibility index (Phi) is 7.15. The topological polar surface area (TPSA) is 43.7 Å². The van der Waals surface area contributed by atoms with Crippen molar-refractivity contribution in [3.8, 4) is 0 Å². The van der Waals surface area contributed by atoms with E-state index >= 15 is 0 Å². The number of nitrogens with zero attached hydrogens (tertiary/aromatic N) is 1. The van der Waals surface area contributed by atoms with Crippen molar-refractivity contribution >= 4 is 23.1 Å². The molecule has 0 aliphatic carbocycles. The molecule has 0 spiro atoms. The Morgan fingerprint density at radius 2 is 2.18 bits per heavy atom. The van der Waals surface area contributed by atoms with Gasteiger partial charge in [-0.15, -0.1) is 23.1 Å². The summed E-state index contributed by atoms with van der Waals surface area (Å²) in [6.07, 6.45) is 0.333. The predicted molar refractivity (Wildman–Crippen MR) is 74.9 cm³/mol. The molecule has 0 bridgehead atoms. The molecular weight excluding hydrogens is 254 g/mol. The maximum atomic E-state index is 10.0. The number of thioether (sulfide) groups is 1. The molecular formula is C12H21NO2S2. The summed E-state index contributed by atoms with van der Waals surface area (Å²) in [4.78, 5) is 3.07. The molecule has 1 unspecified atom stereocenters. The van der Waals surface area contributed by atoms with Crippen LogP contribution in [0.25, 0.3) is 0 Å². The molecule has 1 aromatic heterocycles. The quantitative estimate of drug-likeness (QED) is 0.714. The summed E-state index contributed by atoms with van der Waals surface area (Å²) in [6.45, 7) is 3.76. The average molecular weight is 275 g/mol. The highest BCUT2D eigenvalue weighted by Crippen LogP contribution is 2.31. The second-order valence-corrected chi connectivity index (χ2v) is 6.60. The lowest BCUT2D eigenvalue weighted by Crippen LogP contribution is -2.24. The van der Waals surface area contributed by atoms with Crippen LogP contribution in [0.4, 0.5) is 0 Å². The van der Waals surface area contributed by atoms with Crippen molar-refractivity contribution in [3.05, 3.63) is 17.0 Å². The van der Waals surface area contributed by atoms with Crippen molar-refractivity contribution in [2.45, 2.75) is 23.7 Å². The van der Waals surface area contributed by atoms with Gasteiger partial charge >= 0.3 is 0 Å². The summed E-state index contributed by atoms with van der Waals surface area (Å²) in [5.74, 6) is 1.06. The molecule has 0 fully saturated rings. The molecule has 0 amide bonds. The van der Waals surface area contributed by atoms with E-state index in [-0.39, 0.29) is 12.7 Å². The molecule has 1 rings (SSSR count). The van der Waals surface area contributed by atoms with E-state index in [0.717, 1.165) is 17.2 Å². The van der Waals surface area contributed by atoms with E-state index in [1.807, 2.05) is 29.8 Å². The monoisotopic (exact) mass is 275 g/mol. The highest BCUT2D eigenvalue weighted by Gasteiger charge is 2.11. The molecule has 0 saturated heterocycles. The van der Waals surface area contributed by atoms with Crippen LogP contribution in [0.2, 0.25) is 0 Å². The van der Waals surface area contributed by atoms with Crippen LogP contribution in [0, 0.1) is 0 Å². The number of likely N-dealkylation sites (N-methyl/N-ethyl adjacent to an activating group) is 1. The highest BCUT2D eigenvalue weighted by atomic mass is 32.2. The summed E-state index contributed by atoms with van der Waals surface area (Å²) in [7, 11) is 1.95. The fourth-order valence-electron chi connectivity index (χ4n) is 1.50. The van der Waals surface area contributed by atoms with Gasteiger partial charge in [-0.2, -0.15) is 0 Å². The zero-order valence-electron chi connectivity index (χ0n) is 10.4. The normalized spacial score (nSPS) is 13.2. The molecule has 0 radical (unpaired) electrons. The van der Waals surface area contributed by atoms with Gasteiger partial charge in [0.2, 0.25) is 0 Å². The van der Waals surface area contributed by atoms with E-state index in [2.05, 4.69) is 13.0 Å². The first-order chi connectivity index (χ1) is 8.17. The first-order valence-electron chi connectivity index (χ1n) is 5.87. The second-order valence-electron chi connectivity index (χ2n) is 3.92. The molecule has 5 heteroatoms. The van der Waals surface area contributed by atoms with Crippen LogP contribution in [0.5, 0.6) is 0 Å². The Labute approximate surface area is 111 Å². The summed E-state index contributed by atoms with van der Waals surface area (Å²) >= 11 is 3.49. The van der Waals surface area contributed by atoms with E-state index in [1.165, 1.54) is 4.21 Å². The minimum absolute atomic E-state index is 0.170. The van der Waals surface area contributed by atoms with Crippen molar-refractivity contribution < 1.29 is 10.2 Å². The van der Waals surface area contributed by atoms with Crippen LogP contribution in [0.3, 0.4) is 0 Å². The molecule has 17 heavy (non-hydrogen) atoms. The zero-order chi connectivity index (χ0) is 12.7. The molecule has 2 N–H and O–H groups in total. The van der Waals surface area contributed by atoms with Crippen molar-refractivity contribution in [3.63, 3.8) is 0 Å². The molecule has 0 aliphatic heterocycles. The summed E-state index contributed by atoms with van der Waals surface area (Å²) in [6, 6.07) is 4.09. The molecule has 3 nitrogen and oxygen atoms in total. The van der Waals surface area contributed by atoms with Gasteiger partial charge in [0.05, 0.1) is 16.9 Å². The summed E-state index contributed by atoms with van der Waals surface area (Å²) < 4.78 is 1.27. The van der Waals surface area contributed by atoms with Crippen molar-refractivity contribution in [1.82, 2.24) is 4.90 Å². The fraction of sp³-hybridized carbons (Fsp3) is 0.667. The van der Waals surface area contributed by atoms with Crippen LogP contribution < -0.4 is 0 Å². The van der Waals surface area contributed by atoms with E-state index in [4.69, 9.17) is 5.11 Å². The van der Waals surface area contributed by atoms with Gasteiger partial charge in [-0.3, -0.25) is 0 Å². The SMILES string of the molecule is CCSc1ccc(C(O)CCN(C)CCO)s1. The number of rotatable bonds is 8. The predicted octanol–water partition coefficient (Wildman–Crippen LogP) is 2.21. The number of hydrogen-bond donors (Lipinski definition) is 2. The number of aliphatic hydroxyl groups is 2. The summed E-state index contributed by atoms with van der Waals surface area (Å²) in [5, 5.41) is 18.8. The average Bonchev–Trinajstić information content (AvgIpc) is 2.75. The highest BCUT2D eigenvalue weighted by molar-refractivity contribution is 8.01. The second kappa shape index (κ2) is 8.11. The van der Waals surface area contributed by atoms with Gasteiger partial charge < -0.3 is 15.1 Å². The molecule has 0 aliphatic rings. The van der Waals surface area contributed by atoms with Gasteiger partial charge in [0.1, 0.15) is 0 Å². The van der Waals surface area contributed by atoms with E-state index < -0.39 is 0 Å². The Balaban J connectivity index is 2.37. The Morgan fingerprint density at radius 3 is 2.82 bits per heavy atom. The number of aliphatic hydroxyl groups excluding tert-OH is 2. The van der Waals surface area contributed by atoms with Crippen molar-refractivity contribution in [1.29, 1.82) is 0 Å². The van der Waals surface area contributed by atoms with Gasteiger partial charge in [0, 0.05) is 18.0 Å². The largest absolute Gasteiger partial charge is 0.395 e. The standard InChI is InChI=1S/C12H21NO2S2/c1-3-16-12-5-4-11(17-12)10(15)6-7-13(2)8-9-14/h4-5,10,14-15H,3,6-9H2,1-2H3. The van der Waals surface area contributed by atoms with Crippen molar-refractivity contribution in [2.75, 3.05) is 32.5 Å².